The van der Waals surface area contributed by atoms with E-state index in [-0.39, 0.29) is 11.9 Å². The standard InChI is InChI=1S/C22H31N3O3/c1-2-28-19-8-6-18(7-9-19)21(26)24-12-3-11-23(14-15-24)20-10-13-25(22(20)27)16-17-4-5-17/h6-9,17,20H,2-5,10-16H2,1H3. The first-order valence-electron chi connectivity index (χ1n) is 10.7. The third-order valence-corrected chi connectivity index (χ3v) is 6.12. The zero-order valence-corrected chi connectivity index (χ0v) is 16.8. The molecule has 2 aliphatic heterocycles. The molecule has 1 aliphatic carbocycles. The third-order valence-electron chi connectivity index (χ3n) is 6.12. The summed E-state index contributed by atoms with van der Waals surface area (Å²) < 4.78 is 5.46. The van der Waals surface area contributed by atoms with E-state index in [2.05, 4.69) is 9.80 Å². The predicted molar refractivity (Wildman–Crippen MR) is 107 cm³/mol. The molecule has 6 heteroatoms. The Bertz CT molecular complexity index is 701. The van der Waals surface area contributed by atoms with Crippen LogP contribution in [0.1, 0.15) is 43.0 Å². The number of ether oxygens (including phenoxy) is 1. The van der Waals surface area contributed by atoms with Gasteiger partial charge >= 0.3 is 0 Å². The van der Waals surface area contributed by atoms with E-state index in [1.165, 1.54) is 12.8 Å². The lowest BCUT2D eigenvalue weighted by atomic mass is 10.2. The molecule has 0 aromatic heterocycles. The van der Waals surface area contributed by atoms with Crippen LogP contribution in [-0.4, -0.2) is 78.4 Å². The molecular formula is C22H31N3O3. The van der Waals surface area contributed by atoms with Crippen molar-refractivity contribution in [2.75, 3.05) is 45.9 Å². The summed E-state index contributed by atoms with van der Waals surface area (Å²) in [6.45, 7) is 7.50. The van der Waals surface area contributed by atoms with Gasteiger partial charge in [-0.05, 0) is 62.8 Å². The van der Waals surface area contributed by atoms with Crippen LogP contribution in [0.3, 0.4) is 0 Å². The Morgan fingerprint density at radius 2 is 1.82 bits per heavy atom. The Hall–Kier alpha value is -2.08. The van der Waals surface area contributed by atoms with E-state index in [0.717, 1.165) is 57.2 Å². The lowest BCUT2D eigenvalue weighted by Gasteiger charge is -2.26. The molecule has 1 aromatic rings. The summed E-state index contributed by atoms with van der Waals surface area (Å²) in [4.78, 5) is 32.0. The van der Waals surface area contributed by atoms with Gasteiger partial charge in [0.05, 0.1) is 12.6 Å². The van der Waals surface area contributed by atoms with Crippen molar-refractivity contribution < 1.29 is 14.3 Å². The molecule has 1 aromatic carbocycles. The van der Waals surface area contributed by atoms with Crippen LogP contribution in [-0.2, 0) is 4.79 Å². The van der Waals surface area contributed by atoms with Crippen LogP contribution in [0, 0.1) is 5.92 Å². The maximum atomic E-state index is 12.9. The molecule has 2 saturated heterocycles. The smallest absolute Gasteiger partial charge is 0.253 e. The number of carbonyl (C=O) groups is 2. The predicted octanol–water partition coefficient (Wildman–Crippen LogP) is 2.24. The Morgan fingerprint density at radius 1 is 1.04 bits per heavy atom. The molecule has 4 rings (SSSR count). The normalized spacial score (nSPS) is 23.8. The fourth-order valence-electron chi connectivity index (χ4n) is 4.35. The first-order chi connectivity index (χ1) is 13.7. The number of rotatable bonds is 6. The van der Waals surface area contributed by atoms with E-state index in [9.17, 15) is 9.59 Å². The Balaban J connectivity index is 1.33. The van der Waals surface area contributed by atoms with Crippen molar-refractivity contribution in [3.63, 3.8) is 0 Å². The number of hydrogen-bond acceptors (Lipinski definition) is 4. The number of benzene rings is 1. The van der Waals surface area contributed by atoms with Crippen molar-refractivity contribution in [1.82, 2.24) is 14.7 Å². The summed E-state index contributed by atoms with van der Waals surface area (Å²) in [5.41, 5.74) is 0.699. The number of amides is 2. The first-order valence-corrected chi connectivity index (χ1v) is 10.7. The molecule has 3 aliphatic rings. The summed E-state index contributed by atoms with van der Waals surface area (Å²) in [7, 11) is 0. The van der Waals surface area contributed by atoms with Gasteiger partial charge < -0.3 is 14.5 Å². The molecule has 0 radical (unpaired) electrons. The molecule has 2 heterocycles. The minimum absolute atomic E-state index is 0.0132. The van der Waals surface area contributed by atoms with Gasteiger partial charge in [0.2, 0.25) is 5.91 Å². The average molecular weight is 386 g/mol. The molecular weight excluding hydrogens is 354 g/mol. The first kappa shape index (κ1) is 19.2. The van der Waals surface area contributed by atoms with Crippen molar-refractivity contribution >= 4 is 11.8 Å². The van der Waals surface area contributed by atoms with E-state index in [4.69, 9.17) is 4.74 Å². The monoisotopic (exact) mass is 385 g/mol. The zero-order valence-electron chi connectivity index (χ0n) is 16.8. The number of likely N-dealkylation sites (tertiary alicyclic amines) is 1. The van der Waals surface area contributed by atoms with E-state index in [1.54, 1.807) is 0 Å². The van der Waals surface area contributed by atoms with Crippen molar-refractivity contribution in [2.24, 2.45) is 5.92 Å². The minimum Gasteiger partial charge on any atom is -0.494 e. The van der Waals surface area contributed by atoms with Crippen LogP contribution < -0.4 is 4.74 Å². The molecule has 1 saturated carbocycles. The third kappa shape index (κ3) is 4.32. The quantitative estimate of drug-likeness (QED) is 0.754. The highest BCUT2D eigenvalue weighted by molar-refractivity contribution is 5.94. The minimum atomic E-state index is 0.0132. The maximum absolute atomic E-state index is 12.9. The lowest BCUT2D eigenvalue weighted by Crippen LogP contribution is -2.44. The van der Waals surface area contributed by atoms with Crippen LogP contribution in [0.5, 0.6) is 5.75 Å². The van der Waals surface area contributed by atoms with Crippen LogP contribution in [0.25, 0.3) is 0 Å². The molecule has 0 N–H and O–H groups in total. The van der Waals surface area contributed by atoms with Gasteiger partial charge in [-0.3, -0.25) is 14.5 Å². The molecule has 1 atom stereocenters. The average Bonchev–Trinajstić information content (AvgIpc) is 3.49. The van der Waals surface area contributed by atoms with Gasteiger partial charge in [0, 0.05) is 44.8 Å². The second kappa shape index (κ2) is 8.52. The Labute approximate surface area is 167 Å². The van der Waals surface area contributed by atoms with Gasteiger partial charge in [0.25, 0.3) is 5.91 Å². The second-order valence-electron chi connectivity index (χ2n) is 8.17. The zero-order chi connectivity index (χ0) is 19.5. The highest BCUT2D eigenvalue weighted by atomic mass is 16.5. The van der Waals surface area contributed by atoms with Gasteiger partial charge in [-0.15, -0.1) is 0 Å². The van der Waals surface area contributed by atoms with Gasteiger partial charge in [0.1, 0.15) is 5.75 Å². The summed E-state index contributed by atoms with van der Waals surface area (Å²) in [5, 5.41) is 0. The largest absolute Gasteiger partial charge is 0.494 e. The second-order valence-corrected chi connectivity index (χ2v) is 8.17. The van der Waals surface area contributed by atoms with Gasteiger partial charge in [-0.2, -0.15) is 0 Å². The summed E-state index contributed by atoms with van der Waals surface area (Å²) in [6, 6.07) is 7.40. The van der Waals surface area contributed by atoms with Crippen molar-refractivity contribution in [3.05, 3.63) is 29.8 Å². The summed E-state index contributed by atoms with van der Waals surface area (Å²) in [6.07, 6.45) is 4.40. The molecule has 6 nitrogen and oxygen atoms in total. The summed E-state index contributed by atoms with van der Waals surface area (Å²) in [5.74, 6) is 1.90. The Morgan fingerprint density at radius 3 is 2.54 bits per heavy atom. The Kier molecular flexibility index (Phi) is 5.85. The molecule has 28 heavy (non-hydrogen) atoms. The summed E-state index contributed by atoms with van der Waals surface area (Å²) >= 11 is 0. The topological polar surface area (TPSA) is 53.1 Å². The number of nitrogens with zero attached hydrogens (tertiary/aromatic N) is 3. The fraction of sp³-hybridized carbons (Fsp3) is 0.636. The fourth-order valence-corrected chi connectivity index (χ4v) is 4.35. The SMILES string of the molecule is CCOc1ccc(C(=O)N2CCCN(C3CCN(CC4CC4)C3=O)CC2)cc1. The highest BCUT2D eigenvalue weighted by Crippen LogP contribution is 2.31. The van der Waals surface area contributed by atoms with Gasteiger partial charge in [-0.1, -0.05) is 0 Å². The lowest BCUT2D eigenvalue weighted by molar-refractivity contribution is -0.132. The van der Waals surface area contributed by atoms with E-state index >= 15 is 0 Å². The van der Waals surface area contributed by atoms with Crippen molar-refractivity contribution in [3.8, 4) is 5.75 Å². The van der Waals surface area contributed by atoms with E-state index in [0.29, 0.717) is 24.6 Å². The highest BCUT2D eigenvalue weighted by Gasteiger charge is 2.38. The molecule has 2 amide bonds. The van der Waals surface area contributed by atoms with Crippen LogP contribution >= 0.6 is 0 Å². The van der Waals surface area contributed by atoms with Crippen LogP contribution in [0.2, 0.25) is 0 Å². The van der Waals surface area contributed by atoms with Crippen molar-refractivity contribution in [2.45, 2.75) is 38.6 Å². The number of carbonyl (C=O) groups excluding carboxylic acids is 2. The molecule has 152 valence electrons. The molecule has 3 fully saturated rings. The molecule has 1 unspecified atom stereocenters. The molecule has 0 bridgehead atoms. The maximum Gasteiger partial charge on any atom is 0.253 e. The van der Waals surface area contributed by atoms with Crippen LogP contribution in [0.4, 0.5) is 0 Å². The van der Waals surface area contributed by atoms with Gasteiger partial charge in [-0.25, -0.2) is 0 Å². The molecule has 0 spiro atoms. The van der Waals surface area contributed by atoms with E-state index < -0.39 is 0 Å². The van der Waals surface area contributed by atoms with E-state index in [1.807, 2.05) is 36.1 Å². The number of hydrogen-bond donors (Lipinski definition) is 0. The van der Waals surface area contributed by atoms with Crippen molar-refractivity contribution in [1.29, 1.82) is 0 Å². The van der Waals surface area contributed by atoms with Gasteiger partial charge in [0.15, 0.2) is 0 Å². The van der Waals surface area contributed by atoms with Crippen LogP contribution in [0.15, 0.2) is 24.3 Å².